The Bertz CT molecular complexity index is 1140. The maximum Gasteiger partial charge on any atom is 0.253 e. The van der Waals surface area contributed by atoms with Crippen LogP contribution in [0.1, 0.15) is 12.8 Å². The zero-order chi connectivity index (χ0) is 20.6. The van der Waals surface area contributed by atoms with Crippen LogP contribution in [-0.4, -0.2) is 36.2 Å². The lowest BCUT2D eigenvalue weighted by Gasteiger charge is -2.22. The second-order valence-electron chi connectivity index (χ2n) is 6.37. The molecule has 1 unspecified atom stereocenters. The van der Waals surface area contributed by atoms with Crippen LogP contribution in [0.2, 0.25) is 4.34 Å². The van der Waals surface area contributed by atoms with Gasteiger partial charge in [-0.15, -0.1) is 22.7 Å². The highest BCUT2D eigenvalue weighted by Gasteiger charge is 2.40. The number of sulfonamides is 1. The zero-order valence-corrected chi connectivity index (χ0v) is 18.0. The minimum atomic E-state index is -3.79. The van der Waals surface area contributed by atoms with Gasteiger partial charge in [0.05, 0.1) is 10.0 Å². The van der Waals surface area contributed by atoms with Gasteiger partial charge in [-0.3, -0.25) is 4.79 Å². The molecule has 1 aromatic carbocycles. The number of hydrogen-bond donors (Lipinski definition) is 1. The molecule has 11 heteroatoms. The number of rotatable bonds is 5. The van der Waals surface area contributed by atoms with Crippen molar-refractivity contribution < 1.29 is 17.6 Å². The summed E-state index contributed by atoms with van der Waals surface area (Å²) in [5, 5.41) is 4.82. The van der Waals surface area contributed by atoms with Crippen LogP contribution in [0.15, 0.2) is 46.0 Å². The lowest BCUT2D eigenvalue weighted by Crippen LogP contribution is -2.42. The van der Waals surface area contributed by atoms with Crippen molar-refractivity contribution in [1.82, 2.24) is 9.29 Å². The number of carbonyl (C=O) groups excluding carboxylic acids is 1. The molecular weight excluding hydrogens is 457 g/mol. The number of benzene rings is 1. The summed E-state index contributed by atoms with van der Waals surface area (Å²) < 4.78 is 40.6. The first-order chi connectivity index (χ1) is 13.8. The first-order valence-electron chi connectivity index (χ1n) is 8.64. The predicted octanol–water partition coefficient (Wildman–Crippen LogP) is 4.46. The average molecular weight is 472 g/mol. The molecule has 1 aliphatic heterocycles. The lowest BCUT2D eigenvalue weighted by molar-refractivity contribution is -0.119. The quantitative estimate of drug-likeness (QED) is 0.596. The van der Waals surface area contributed by atoms with Crippen LogP contribution in [0.4, 0.5) is 9.52 Å². The highest BCUT2D eigenvalue weighted by molar-refractivity contribution is 7.91. The van der Waals surface area contributed by atoms with Crippen molar-refractivity contribution in [3.8, 4) is 11.3 Å². The van der Waals surface area contributed by atoms with Crippen molar-refractivity contribution in [2.75, 3.05) is 11.9 Å². The zero-order valence-electron chi connectivity index (χ0n) is 14.8. The number of nitrogens with zero attached hydrogens (tertiary/aromatic N) is 2. The minimum absolute atomic E-state index is 0.120. The summed E-state index contributed by atoms with van der Waals surface area (Å²) in [6, 6.07) is 8.05. The van der Waals surface area contributed by atoms with Gasteiger partial charge in [0.1, 0.15) is 16.1 Å². The van der Waals surface area contributed by atoms with E-state index in [9.17, 15) is 17.6 Å². The fourth-order valence-electron chi connectivity index (χ4n) is 3.11. The monoisotopic (exact) mass is 471 g/mol. The number of anilines is 1. The van der Waals surface area contributed by atoms with Gasteiger partial charge in [-0.2, -0.15) is 4.31 Å². The SMILES string of the molecule is O=C(Nc1nc(-c2ccc(F)cc2)cs1)C1CCCN1S(=O)(=O)c1ccc(Cl)s1. The number of hydrogen-bond acceptors (Lipinski definition) is 6. The molecule has 0 spiro atoms. The Morgan fingerprint density at radius 2 is 2.00 bits per heavy atom. The van der Waals surface area contributed by atoms with E-state index in [1.54, 1.807) is 17.5 Å². The number of thiophene rings is 1. The third kappa shape index (κ3) is 4.22. The fraction of sp³-hybridized carbons (Fsp3) is 0.222. The van der Waals surface area contributed by atoms with E-state index in [4.69, 9.17) is 11.6 Å². The number of aromatic nitrogens is 1. The van der Waals surface area contributed by atoms with Crippen LogP contribution in [0.25, 0.3) is 11.3 Å². The van der Waals surface area contributed by atoms with Crippen molar-refractivity contribution in [1.29, 1.82) is 0 Å². The molecule has 0 radical (unpaired) electrons. The van der Waals surface area contributed by atoms with Gasteiger partial charge in [-0.05, 0) is 49.2 Å². The van der Waals surface area contributed by atoms with Gasteiger partial charge < -0.3 is 5.32 Å². The molecule has 1 atom stereocenters. The van der Waals surface area contributed by atoms with E-state index in [1.165, 1.54) is 39.9 Å². The molecule has 152 valence electrons. The summed E-state index contributed by atoms with van der Waals surface area (Å²) in [6.07, 6.45) is 1.02. The van der Waals surface area contributed by atoms with Gasteiger partial charge in [0.15, 0.2) is 5.13 Å². The Balaban J connectivity index is 1.50. The van der Waals surface area contributed by atoms with Crippen LogP contribution >= 0.6 is 34.3 Å². The Kier molecular flexibility index (Phi) is 5.71. The van der Waals surface area contributed by atoms with Crippen molar-refractivity contribution in [3.05, 3.63) is 51.9 Å². The van der Waals surface area contributed by atoms with Gasteiger partial charge in [0.25, 0.3) is 10.0 Å². The largest absolute Gasteiger partial charge is 0.301 e. The van der Waals surface area contributed by atoms with E-state index >= 15 is 0 Å². The summed E-state index contributed by atoms with van der Waals surface area (Å²) in [7, 11) is -3.79. The third-order valence-corrected chi connectivity index (χ3v) is 8.86. The number of amides is 1. The molecule has 3 aromatic rings. The Labute approximate surface area is 180 Å². The van der Waals surface area contributed by atoms with Crippen LogP contribution in [0.5, 0.6) is 0 Å². The van der Waals surface area contributed by atoms with Crippen molar-refractivity contribution in [2.45, 2.75) is 23.1 Å². The highest BCUT2D eigenvalue weighted by Crippen LogP contribution is 2.33. The van der Waals surface area contributed by atoms with Gasteiger partial charge >= 0.3 is 0 Å². The van der Waals surface area contributed by atoms with Crippen LogP contribution in [0.3, 0.4) is 0 Å². The summed E-state index contributed by atoms with van der Waals surface area (Å²) in [6.45, 7) is 0.272. The number of nitrogens with one attached hydrogen (secondary N) is 1. The molecule has 6 nitrogen and oxygen atoms in total. The summed E-state index contributed by atoms with van der Waals surface area (Å²) >= 11 is 8.06. The van der Waals surface area contributed by atoms with E-state index < -0.39 is 22.0 Å². The molecule has 4 rings (SSSR count). The number of halogens is 2. The standard InChI is InChI=1S/C18H15ClFN3O3S3/c19-15-7-8-16(28-15)29(25,26)23-9-1-2-14(23)17(24)22-18-21-13(10-27-18)11-3-5-12(20)6-4-11/h3-8,10,14H,1-2,9H2,(H,21,22,24). The Hall–Kier alpha value is -1.85. The van der Waals surface area contributed by atoms with Crippen molar-refractivity contribution in [2.24, 2.45) is 0 Å². The number of thiazole rings is 1. The molecule has 0 aliphatic carbocycles. The lowest BCUT2D eigenvalue weighted by atomic mass is 10.2. The molecule has 1 aliphatic rings. The molecule has 1 fully saturated rings. The second kappa shape index (κ2) is 8.11. The van der Waals surface area contributed by atoms with Gasteiger partial charge in [-0.1, -0.05) is 11.6 Å². The van der Waals surface area contributed by atoms with Crippen LogP contribution in [0, 0.1) is 5.82 Å². The van der Waals surface area contributed by atoms with Crippen LogP contribution < -0.4 is 5.32 Å². The van der Waals surface area contributed by atoms with E-state index in [0.29, 0.717) is 28.0 Å². The van der Waals surface area contributed by atoms with Gasteiger partial charge in [0, 0.05) is 17.5 Å². The fourth-order valence-corrected chi connectivity index (χ4v) is 7.11. The van der Waals surface area contributed by atoms with Crippen molar-refractivity contribution >= 4 is 55.3 Å². The molecular formula is C18H15ClFN3O3S3. The number of carbonyl (C=O) groups is 1. The highest BCUT2D eigenvalue weighted by atomic mass is 35.5. The summed E-state index contributed by atoms with van der Waals surface area (Å²) in [5.41, 5.74) is 1.33. The first-order valence-corrected chi connectivity index (χ1v) is 12.2. The summed E-state index contributed by atoms with van der Waals surface area (Å²) in [5.74, 6) is -0.763. The molecule has 29 heavy (non-hydrogen) atoms. The predicted molar refractivity (Wildman–Crippen MR) is 112 cm³/mol. The smallest absolute Gasteiger partial charge is 0.253 e. The van der Waals surface area contributed by atoms with E-state index in [1.807, 2.05) is 0 Å². The van der Waals surface area contributed by atoms with E-state index in [0.717, 1.165) is 16.9 Å². The summed E-state index contributed by atoms with van der Waals surface area (Å²) in [4.78, 5) is 17.1. The molecule has 1 saturated heterocycles. The van der Waals surface area contributed by atoms with Gasteiger partial charge in [-0.25, -0.2) is 17.8 Å². The molecule has 1 N–H and O–H groups in total. The first kappa shape index (κ1) is 20.4. The van der Waals surface area contributed by atoms with Crippen LogP contribution in [-0.2, 0) is 14.8 Å². The third-order valence-electron chi connectivity index (χ3n) is 4.49. The molecule has 0 bridgehead atoms. The second-order valence-corrected chi connectivity index (χ2v) is 11.1. The molecule has 1 amide bonds. The maximum atomic E-state index is 13.1. The molecule has 2 aromatic heterocycles. The Morgan fingerprint density at radius 3 is 2.69 bits per heavy atom. The minimum Gasteiger partial charge on any atom is -0.301 e. The van der Waals surface area contributed by atoms with Crippen molar-refractivity contribution in [3.63, 3.8) is 0 Å². The van der Waals surface area contributed by atoms with E-state index in [-0.39, 0.29) is 16.6 Å². The molecule has 3 heterocycles. The normalized spacial score (nSPS) is 17.5. The topological polar surface area (TPSA) is 79.4 Å². The maximum absolute atomic E-state index is 13.1. The Morgan fingerprint density at radius 1 is 1.24 bits per heavy atom. The molecule has 0 saturated carbocycles. The van der Waals surface area contributed by atoms with E-state index in [2.05, 4.69) is 10.3 Å². The average Bonchev–Trinajstić information content (AvgIpc) is 3.42. The van der Waals surface area contributed by atoms with Gasteiger partial charge in [0.2, 0.25) is 5.91 Å².